The van der Waals surface area contributed by atoms with Crippen LogP contribution < -0.4 is 0 Å². The molecular weight excluding hydrogens is 194 g/mol. The molecule has 0 saturated carbocycles. The summed E-state index contributed by atoms with van der Waals surface area (Å²) in [5.41, 5.74) is 1.71. The average Bonchev–Trinajstić information content (AvgIpc) is 2.30. The second-order valence-electron chi connectivity index (χ2n) is 5.16. The van der Waals surface area contributed by atoms with Crippen LogP contribution in [0.4, 0.5) is 0 Å². The molecule has 0 aliphatic heterocycles. The molecule has 2 unspecified atom stereocenters. The van der Waals surface area contributed by atoms with Gasteiger partial charge in [0.2, 0.25) is 0 Å². The topological polar surface area (TPSA) is 3.24 Å². The monoisotopic (exact) mass is 215 g/mol. The molecule has 0 N–H and O–H groups in total. The van der Waals surface area contributed by atoms with Gasteiger partial charge >= 0.3 is 0 Å². The highest BCUT2D eigenvalue weighted by molar-refractivity contribution is 5.30. The lowest BCUT2D eigenvalue weighted by atomic mass is 9.69. The van der Waals surface area contributed by atoms with Crippen LogP contribution in [0.25, 0.3) is 0 Å². The fourth-order valence-electron chi connectivity index (χ4n) is 2.84. The van der Waals surface area contributed by atoms with Crippen LogP contribution in [0.15, 0.2) is 42.5 Å². The van der Waals surface area contributed by atoms with Gasteiger partial charge in [-0.1, -0.05) is 49.4 Å². The average molecular weight is 215 g/mol. The van der Waals surface area contributed by atoms with Crippen molar-refractivity contribution >= 4 is 0 Å². The van der Waals surface area contributed by atoms with E-state index < -0.39 is 0 Å². The van der Waals surface area contributed by atoms with Gasteiger partial charge in [-0.05, 0) is 32.5 Å². The minimum absolute atomic E-state index is 0.250. The minimum atomic E-state index is 0.250. The first-order valence-electron chi connectivity index (χ1n) is 6.03. The predicted octanol–water partition coefficient (Wildman–Crippen LogP) is 3.22. The van der Waals surface area contributed by atoms with Gasteiger partial charge in [-0.15, -0.1) is 0 Å². The van der Waals surface area contributed by atoms with E-state index in [0.717, 1.165) is 0 Å². The molecule has 0 saturated heterocycles. The molecule has 0 bridgehead atoms. The van der Waals surface area contributed by atoms with E-state index >= 15 is 0 Å². The van der Waals surface area contributed by atoms with Crippen LogP contribution in [0.1, 0.15) is 25.3 Å². The second kappa shape index (κ2) is 4.42. The third-order valence-corrected chi connectivity index (χ3v) is 3.79. The maximum atomic E-state index is 2.39. The third-order valence-electron chi connectivity index (χ3n) is 3.79. The molecular formula is C15H21N. The largest absolute Gasteiger partial charge is 0.302 e. The Morgan fingerprint density at radius 2 is 1.88 bits per heavy atom. The van der Waals surface area contributed by atoms with Crippen molar-refractivity contribution in [1.29, 1.82) is 0 Å². The van der Waals surface area contributed by atoms with Crippen LogP contribution in [0.5, 0.6) is 0 Å². The van der Waals surface area contributed by atoms with Crippen molar-refractivity contribution < 1.29 is 0 Å². The maximum absolute atomic E-state index is 2.39. The Balaban J connectivity index is 2.39. The first-order chi connectivity index (χ1) is 7.64. The van der Waals surface area contributed by atoms with Gasteiger partial charge in [-0.2, -0.15) is 0 Å². The molecule has 1 aliphatic carbocycles. The molecule has 86 valence electrons. The molecule has 1 heteroatoms. The molecule has 2 atom stereocenters. The summed E-state index contributed by atoms with van der Waals surface area (Å²) in [5.74, 6) is 0. The second-order valence-corrected chi connectivity index (χ2v) is 5.16. The molecule has 0 radical (unpaired) electrons. The molecule has 1 aliphatic rings. The Bertz CT molecular complexity index is 366. The van der Waals surface area contributed by atoms with Crippen molar-refractivity contribution in [1.82, 2.24) is 4.90 Å². The van der Waals surface area contributed by atoms with Gasteiger partial charge in [0.05, 0.1) is 0 Å². The fraction of sp³-hybridized carbons (Fsp3) is 0.467. The number of benzene rings is 1. The quantitative estimate of drug-likeness (QED) is 0.685. The summed E-state index contributed by atoms with van der Waals surface area (Å²) < 4.78 is 0. The highest BCUT2D eigenvalue weighted by atomic mass is 15.1. The number of nitrogens with zero attached hydrogens (tertiary/aromatic N) is 1. The van der Waals surface area contributed by atoms with E-state index in [1.807, 2.05) is 0 Å². The van der Waals surface area contributed by atoms with E-state index in [-0.39, 0.29) is 5.41 Å². The zero-order valence-corrected chi connectivity index (χ0v) is 10.5. The first kappa shape index (κ1) is 11.4. The Kier molecular flexibility index (Phi) is 3.15. The molecule has 2 rings (SSSR count). The predicted molar refractivity (Wildman–Crippen MR) is 69.6 cm³/mol. The molecule has 0 aromatic heterocycles. The number of allylic oxidation sites excluding steroid dienone is 1. The van der Waals surface area contributed by atoms with Gasteiger partial charge in [0, 0.05) is 11.5 Å². The molecule has 0 fully saturated rings. The number of hydrogen-bond acceptors (Lipinski definition) is 1. The molecule has 0 amide bonds. The van der Waals surface area contributed by atoms with Crippen LogP contribution in [0.3, 0.4) is 0 Å². The highest BCUT2D eigenvalue weighted by Gasteiger charge is 2.36. The number of rotatable bonds is 2. The van der Waals surface area contributed by atoms with Gasteiger partial charge < -0.3 is 4.90 Å². The molecule has 1 nitrogen and oxygen atoms in total. The van der Waals surface area contributed by atoms with Gasteiger partial charge in [-0.3, -0.25) is 0 Å². The van der Waals surface area contributed by atoms with Crippen molar-refractivity contribution in [3.8, 4) is 0 Å². The molecule has 1 aromatic rings. The van der Waals surface area contributed by atoms with Gasteiger partial charge in [0.1, 0.15) is 0 Å². The summed E-state index contributed by atoms with van der Waals surface area (Å²) in [6.45, 7) is 2.39. The standard InChI is InChI=1S/C15H21N/c1-15(13-9-5-4-6-10-13)12-8-7-11-14(15)16(2)3/h4-7,9-11,14H,8,12H2,1-3H3. The zero-order chi connectivity index (χ0) is 11.6. The van der Waals surface area contributed by atoms with E-state index in [1.165, 1.54) is 18.4 Å². The summed E-state index contributed by atoms with van der Waals surface area (Å²) in [6.07, 6.45) is 7.10. The number of hydrogen-bond donors (Lipinski definition) is 0. The summed E-state index contributed by atoms with van der Waals surface area (Å²) in [4.78, 5) is 2.32. The molecule has 0 heterocycles. The van der Waals surface area contributed by atoms with Crippen molar-refractivity contribution in [2.75, 3.05) is 14.1 Å². The van der Waals surface area contributed by atoms with Crippen LogP contribution in [0.2, 0.25) is 0 Å². The van der Waals surface area contributed by atoms with Crippen molar-refractivity contribution in [2.24, 2.45) is 0 Å². The maximum Gasteiger partial charge on any atom is 0.0366 e. The normalized spacial score (nSPS) is 29.6. The number of likely N-dealkylation sites (N-methyl/N-ethyl adjacent to an activating group) is 1. The van der Waals surface area contributed by atoms with Crippen molar-refractivity contribution in [2.45, 2.75) is 31.2 Å². The molecule has 16 heavy (non-hydrogen) atoms. The van der Waals surface area contributed by atoms with E-state index in [9.17, 15) is 0 Å². The lowest BCUT2D eigenvalue weighted by Gasteiger charge is -2.42. The fourth-order valence-corrected chi connectivity index (χ4v) is 2.84. The molecule has 1 aromatic carbocycles. The smallest absolute Gasteiger partial charge is 0.0366 e. The Labute approximate surface area is 98.8 Å². The van der Waals surface area contributed by atoms with Crippen LogP contribution >= 0.6 is 0 Å². The van der Waals surface area contributed by atoms with E-state index in [4.69, 9.17) is 0 Å². The summed E-state index contributed by atoms with van der Waals surface area (Å²) in [5, 5.41) is 0. The summed E-state index contributed by atoms with van der Waals surface area (Å²) >= 11 is 0. The third kappa shape index (κ3) is 1.92. The van der Waals surface area contributed by atoms with Gasteiger partial charge in [0.15, 0.2) is 0 Å². The van der Waals surface area contributed by atoms with E-state index in [2.05, 4.69) is 68.4 Å². The van der Waals surface area contributed by atoms with Crippen LogP contribution in [-0.4, -0.2) is 25.0 Å². The summed E-state index contributed by atoms with van der Waals surface area (Å²) in [6, 6.07) is 11.4. The van der Waals surface area contributed by atoms with Crippen molar-refractivity contribution in [3.05, 3.63) is 48.0 Å². The highest BCUT2D eigenvalue weighted by Crippen LogP contribution is 2.38. The summed E-state index contributed by atoms with van der Waals surface area (Å²) in [7, 11) is 4.34. The van der Waals surface area contributed by atoms with Gasteiger partial charge in [-0.25, -0.2) is 0 Å². The lowest BCUT2D eigenvalue weighted by Crippen LogP contribution is -2.46. The van der Waals surface area contributed by atoms with E-state index in [1.54, 1.807) is 0 Å². The minimum Gasteiger partial charge on any atom is -0.302 e. The van der Waals surface area contributed by atoms with Gasteiger partial charge in [0.25, 0.3) is 0 Å². The Morgan fingerprint density at radius 3 is 2.50 bits per heavy atom. The van der Waals surface area contributed by atoms with Crippen LogP contribution in [-0.2, 0) is 5.41 Å². The first-order valence-corrected chi connectivity index (χ1v) is 6.03. The SMILES string of the molecule is CN(C)C1C=CCCC1(C)c1ccccc1. The lowest BCUT2D eigenvalue weighted by molar-refractivity contribution is 0.210. The Hall–Kier alpha value is -1.08. The van der Waals surface area contributed by atoms with Crippen molar-refractivity contribution in [3.63, 3.8) is 0 Å². The Morgan fingerprint density at radius 1 is 1.19 bits per heavy atom. The zero-order valence-electron chi connectivity index (χ0n) is 10.5. The molecule has 0 spiro atoms. The van der Waals surface area contributed by atoms with E-state index in [0.29, 0.717) is 6.04 Å². The van der Waals surface area contributed by atoms with Crippen LogP contribution in [0, 0.1) is 0 Å².